The molecule has 2 aliphatic rings. The van der Waals surface area contributed by atoms with Crippen LogP contribution in [0.3, 0.4) is 0 Å². The van der Waals surface area contributed by atoms with Crippen LogP contribution in [0.1, 0.15) is 98.3 Å². The van der Waals surface area contributed by atoms with Gasteiger partial charge in [0.15, 0.2) is 6.10 Å². The molecular weight excluding hydrogens is 971 g/mol. The number of benzene rings is 2. The summed E-state index contributed by atoms with van der Waals surface area (Å²) in [6.45, 7) is 15.3. The summed E-state index contributed by atoms with van der Waals surface area (Å²) in [6.07, 6.45) is -4.02. The highest BCUT2D eigenvalue weighted by Gasteiger charge is 2.49. The molecule has 4 rings (SSSR count). The molecule has 0 spiro atoms. The number of carbonyl (C=O) groups excluding carboxylic acids is 4. The van der Waals surface area contributed by atoms with Crippen LogP contribution in [0.5, 0.6) is 11.5 Å². The lowest BCUT2D eigenvalue weighted by molar-refractivity contribution is -0.271. The summed E-state index contributed by atoms with van der Waals surface area (Å²) in [6, 6.07) is 10.3. The predicted octanol–water partition coefficient (Wildman–Crippen LogP) is 2.73. The van der Waals surface area contributed by atoms with E-state index in [9.17, 15) is 49.5 Å². The number of nitrogens with zero attached hydrogens (tertiary/aromatic N) is 3. The van der Waals surface area contributed by atoms with E-state index in [4.69, 9.17) is 30.1 Å². The Morgan fingerprint density at radius 3 is 2.13 bits per heavy atom. The Balaban J connectivity index is 1.49. The molecule has 2 aliphatic heterocycles. The van der Waals surface area contributed by atoms with E-state index in [-0.39, 0.29) is 66.5 Å². The molecule has 0 unspecified atom stereocenters. The number of amides is 4. The van der Waals surface area contributed by atoms with Gasteiger partial charge in [-0.15, -0.1) is 6.42 Å². The zero-order valence-electron chi connectivity index (χ0n) is 45.6. The Kier molecular flexibility index (Phi) is 23.8. The molecule has 2 aromatic carbocycles. The number of ether oxygens (including phenoxy) is 5. The fraction of sp³-hybridized carbons (Fsp3) is 0.655. The second-order valence-corrected chi connectivity index (χ2v) is 20.7. The Bertz CT molecular complexity index is 2230. The van der Waals surface area contributed by atoms with Gasteiger partial charge >= 0.3 is 5.97 Å². The normalized spacial score (nSPS) is 23.5. The van der Waals surface area contributed by atoms with Crippen LogP contribution in [-0.4, -0.2) is 184 Å². The lowest BCUT2D eigenvalue weighted by Crippen LogP contribution is -2.61. The molecular formula is C55H83N5O15. The van der Waals surface area contributed by atoms with Gasteiger partial charge in [0.05, 0.1) is 54.8 Å². The second-order valence-electron chi connectivity index (χ2n) is 20.7. The van der Waals surface area contributed by atoms with Crippen molar-refractivity contribution < 1.29 is 73.2 Å². The van der Waals surface area contributed by atoms with Crippen molar-refractivity contribution in [2.45, 2.75) is 167 Å². The van der Waals surface area contributed by atoms with Crippen molar-refractivity contribution in [1.82, 2.24) is 25.3 Å². The average Bonchev–Trinajstić information content (AvgIpc) is 3.87. The fourth-order valence-corrected chi connectivity index (χ4v) is 10.3. The number of aliphatic hydroxyl groups excluding tert-OH is 4. The topological polar surface area (TPSA) is 266 Å². The molecule has 2 fully saturated rings. The fourth-order valence-electron chi connectivity index (χ4n) is 10.3. The number of rotatable bonds is 27. The molecule has 75 heavy (non-hydrogen) atoms. The minimum Gasteiger partial charge on any atom is -0.480 e. The zero-order chi connectivity index (χ0) is 56.0. The van der Waals surface area contributed by atoms with Gasteiger partial charge in [-0.1, -0.05) is 97.2 Å². The number of methoxy groups -OCH3 is 2. The minimum atomic E-state index is -1.90. The Morgan fingerprint density at radius 1 is 0.893 bits per heavy atom. The number of aliphatic hydroxyl groups is 4. The van der Waals surface area contributed by atoms with Crippen molar-refractivity contribution >= 4 is 29.6 Å². The van der Waals surface area contributed by atoms with Crippen LogP contribution < -0.4 is 20.1 Å². The lowest BCUT2D eigenvalue weighted by Gasteiger charge is -2.41. The number of carboxylic acids is 1. The molecule has 2 heterocycles. The number of hydrogen-bond acceptors (Lipinski definition) is 15. The monoisotopic (exact) mass is 1050 g/mol. The van der Waals surface area contributed by atoms with E-state index in [0.717, 1.165) is 0 Å². The zero-order valence-corrected chi connectivity index (χ0v) is 45.6. The predicted molar refractivity (Wildman–Crippen MR) is 278 cm³/mol. The smallest absolute Gasteiger partial charge is 0.335 e. The molecule has 418 valence electrons. The van der Waals surface area contributed by atoms with E-state index in [1.54, 1.807) is 60.8 Å². The highest BCUT2D eigenvalue weighted by Crippen LogP contribution is 2.33. The summed E-state index contributed by atoms with van der Waals surface area (Å²) >= 11 is 0. The van der Waals surface area contributed by atoms with Gasteiger partial charge in [-0.2, -0.15) is 0 Å². The van der Waals surface area contributed by atoms with Crippen molar-refractivity contribution in [1.29, 1.82) is 0 Å². The van der Waals surface area contributed by atoms with E-state index in [1.165, 1.54) is 26.4 Å². The van der Waals surface area contributed by atoms with Crippen LogP contribution in [0.25, 0.3) is 0 Å². The molecule has 0 saturated carbocycles. The van der Waals surface area contributed by atoms with E-state index in [0.29, 0.717) is 36.9 Å². The molecule has 2 saturated heterocycles. The number of nitrogens with one attached hydrogen (secondary N) is 2. The number of carboxylic acid groups (broad SMARTS) is 1. The summed E-state index contributed by atoms with van der Waals surface area (Å²) in [5.41, 5.74) is 1.24. The molecule has 20 nitrogen and oxygen atoms in total. The molecule has 0 aromatic heterocycles. The van der Waals surface area contributed by atoms with Crippen molar-refractivity contribution in [3.05, 3.63) is 59.7 Å². The highest BCUT2D eigenvalue weighted by atomic mass is 16.7. The third-order valence-corrected chi connectivity index (χ3v) is 14.7. The van der Waals surface area contributed by atoms with Crippen molar-refractivity contribution in [3.8, 4) is 23.8 Å². The van der Waals surface area contributed by atoms with Crippen LogP contribution in [0, 0.1) is 36.0 Å². The molecule has 7 N–H and O–H groups in total. The number of likely N-dealkylation sites (N-methyl/N-ethyl adjacent to an activating group) is 2. The van der Waals surface area contributed by atoms with Crippen molar-refractivity contribution in [2.24, 2.45) is 23.7 Å². The molecule has 20 heteroatoms. The summed E-state index contributed by atoms with van der Waals surface area (Å²) in [5.74, 6) is -1.60. The third kappa shape index (κ3) is 15.6. The molecule has 4 amide bonds. The number of hydrogen-bond donors (Lipinski definition) is 7. The number of aliphatic carboxylic acids is 1. The number of carbonyl (C=O) groups is 5. The summed E-state index contributed by atoms with van der Waals surface area (Å²) < 4.78 is 28.9. The molecule has 0 radical (unpaired) electrons. The third-order valence-electron chi connectivity index (χ3n) is 14.7. The standard InChI is InChI=1S/C55H83N5O15/c1-14-26-73-39-27-37(74-55-48(65)46(63)47(64)50(75-55)54(69)70)24-23-36(39)29-58(10)43(31(5)6)52(67)57-42(30(3)4)53(68)59(11)44(32(7)15-2)40(71-12)28-41(61)60-25-19-22-38(60)49(72-13)33(8)51(66)56-34(9)45(62)35-20-17-16-18-21-35/h1,16-18,20-21,23-24,27,30-34,38,40,42-50,55,62-65H,15,19,22,25-26,28-29H2,2-13H3,(H,56,66)(H,57,67)(H,69,70)/t32-,33+,34+,38-,40+,42-,43-,44-,45+,46-,47-,48+,49+,50-,55+/m0/s1. The quantitative estimate of drug-likeness (QED) is 0.0635. The van der Waals surface area contributed by atoms with Crippen LogP contribution in [0.2, 0.25) is 0 Å². The van der Waals surface area contributed by atoms with E-state index < -0.39 is 97.0 Å². The second kappa shape index (κ2) is 28.7. The average molecular weight is 1050 g/mol. The van der Waals surface area contributed by atoms with Gasteiger partial charge < -0.3 is 69.7 Å². The van der Waals surface area contributed by atoms with Gasteiger partial charge in [0, 0.05) is 46.0 Å². The Morgan fingerprint density at radius 2 is 1.56 bits per heavy atom. The van der Waals surface area contributed by atoms with Gasteiger partial charge in [-0.3, -0.25) is 24.1 Å². The lowest BCUT2D eigenvalue weighted by atomic mass is 9.89. The maximum absolute atomic E-state index is 14.8. The van der Waals surface area contributed by atoms with Gasteiger partial charge in [-0.25, -0.2) is 4.79 Å². The number of likely N-dealkylation sites (tertiary alicyclic amines) is 1. The van der Waals surface area contributed by atoms with E-state index in [2.05, 4.69) is 16.6 Å². The maximum Gasteiger partial charge on any atom is 0.335 e. The molecule has 15 atom stereocenters. The van der Waals surface area contributed by atoms with Crippen LogP contribution >= 0.6 is 0 Å². The number of terminal acetylenes is 1. The minimum absolute atomic E-state index is 0.0559. The summed E-state index contributed by atoms with van der Waals surface area (Å²) in [7, 11) is 6.45. The molecule has 0 bridgehead atoms. The Hall–Kier alpha value is -5.37. The van der Waals surface area contributed by atoms with Crippen molar-refractivity contribution in [3.63, 3.8) is 0 Å². The maximum atomic E-state index is 14.8. The largest absolute Gasteiger partial charge is 0.480 e. The first-order chi connectivity index (χ1) is 35.4. The molecule has 0 aliphatic carbocycles. The Labute approximate surface area is 442 Å². The van der Waals surface area contributed by atoms with E-state index in [1.807, 2.05) is 59.7 Å². The van der Waals surface area contributed by atoms with Gasteiger partial charge in [-0.05, 0) is 56.2 Å². The van der Waals surface area contributed by atoms with Gasteiger partial charge in [0.25, 0.3) is 0 Å². The van der Waals surface area contributed by atoms with Crippen LogP contribution in [0.4, 0.5) is 0 Å². The van der Waals surface area contributed by atoms with Crippen molar-refractivity contribution in [2.75, 3.05) is 41.5 Å². The van der Waals surface area contributed by atoms with E-state index >= 15 is 0 Å². The van der Waals surface area contributed by atoms with Gasteiger partial charge in [0.1, 0.15) is 42.5 Å². The van der Waals surface area contributed by atoms with Crippen LogP contribution in [0.15, 0.2) is 48.5 Å². The highest BCUT2D eigenvalue weighted by molar-refractivity contribution is 5.90. The molecule has 2 aromatic rings. The first kappa shape index (κ1) is 62.2. The summed E-state index contributed by atoms with van der Waals surface area (Å²) in [5, 5.41) is 57.3. The summed E-state index contributed by atoms with van der Waals surface area (Å²) in [4.78, 5) is 74.2. The SMILES string of the molecule is C#CCOc1cc(O[C@@H]2O[C@H](C(=O)O)[C@@H](O)[C@H](O)[C@H]2O)ccc1CN(C)[C@H](C(=O)N[C@H](C(=O)N(C)[C@@H]([C@@H](C)CC)[C@@H](CC(=O)N1CCC[C@H]1[C@H](OC)[C@@H](C)C(=O)N[C@H](C)[C@@H](O)c1ccccc1)OC)C(C)C)C(C)C. The first-order valence-electron chi connectivity index (χ1n) is 25.9. The van der Waals surface area contributed by atoms with Crippen LogP contribution in [-0.2, 0) is 44.7 Å². The van der Waals surface area contributed by atoms with Gasteiger partial charge in [0.2, 0.25) is 29.9 Å². The first-order valence-corrected chi connectivity index (χ1v) is 25.9.